The topological polar surface area (TPSA) is 9.23 Å². The molecule has 0 N–H and O–H groups in total. The molecule has 0 atom stereocenters. The van der Waals surface area contributed by atoms with E-state index in [9.17, 15) is 4.39 Å². The lowest BCUT2D eigenvalue weighted by molar-refractivity contribution is 0.339. The third-order valence-electron chi connectivity index (χ3n) is 1.86. The summed E-state index contributed by atoms with van der Waals surface area (Å²) in [6.45, 7) is 2.49. The summed E-state index contributed by atoms with van der Waals surface area (Å²) < 4.78 is 18.4. The molecule has 0 saturated carbocycles. The second-order valence-corrected chi connectivity index (χ2v) is 3.48. The zero-order chi connectivity index (χ0) is 11.1. The van der Waals surface area contributed by atoms with Gasteiger partial charge in [0.1, 0.15) is 11.6 Å². The number of allylic oxidation sites excluding steroid dienone is 1. The van der Waals surface area contributed by atoms with E-state index in [2.05, 4.69) is 12.6 Å². The second-order valence-electron chi connectivity index (χ2n) is 3.03. The Morgan fingerprint density at radius 1 is 1.47 bits per heavy atom. The molecule has 0 spiro atoms. The van der Waals surface area contributed by atoms with Crippen molar-refractivity contribution in [3.05, 3.63) is 35.7 Å². The fourth-order valence-corrected chi connectivity index (χ4v) is 1.37. The molecule has 1 aromatic carbocycles. The number of thiol groups is 1. The first-order chi connectivity index (χ1) is 7.27. The molecule has 1 nitrogen and oxygen atoms in total. The van der Waals surface area contributed by atoms with Crippen LogP contribution in [0.15, 0.2) is 24.3 Å². The summed E-state index contributed by atoms with van der Waals surface area (Å²) in [5.41, 5.74) is 0.777. The number of benzene rings is 1. The minimum atomic E-state index is -0.246. The van der Waals surface area contributed by atoms with E-state index in [1.165, 1.54) is 12.1 Å². The molecule has 0 saturated heterocycles. The van der Waals surface area contributed by atoms with Gasteiger partial charge in [-0.25, -0.2) is 4.39 Å². The third-order valence-corrected chi connectivity index (χ3v) is 2.12. The molecular formula is C12H15FOS. The van der Waals surface area contributed by atoms with Crippen LogP contribution in [0.4, 0.5) is 4.39 Å². The van der Waals surface area contributed by atoms with Gasteiger partial charge in [-0.1, -0.05) is 12.2 Å². The average molecular weight is 226 g/mol. The van der Waals surface area contributed by atoms with Crippen LogP contribution in [0.5, 0.6) is 5.75 Å². The van der Waals surface area contributed by atoms with E-state index in [4.69, 9.17) is 4.74 Å². The third kappa shape index (κ3) is 3.96. The van der Waals surface area contributed by atoms with Crippen LogP contribution in [0.2, 0.25) is 0 Å². The lowest BCUT2D eigenvalue weighted by Gasteiger charge is -2.06. The van der Waals surface area contributed by atoms with Gasteiger partial charge < -0.3 is 4.74 Å². The normalized spacial score (nSPS) is 10.9. The van der Waals surface area contributed by atoms with Crippen LogP contribution >= 0.6 is 12.6 Å². The van der Waals surface area contributed by atoms with E-state index >= 15 is 0 Å². The van der Waals surface area contributed by atoms with Crippen molar-refractivity contribution in [2.75, 3.05) is 12.4 Å². The van der Waals surface area contributed by atoms with Crippen LogP contribution in [0.1, 0.15) is 18.9 Å². The minimum Gasteiger partial charge on any atom is -0.493 e. The van der Waals surface area contributed by atoms with Crippen molar-refractivity contribution in [1.82, 2.24) is 0 Å². The van der Waals surface area contributed by atoms with Gasteiger partial charge in [0.15, 0.2) is 0 Å². The summed E-state index contributed by atoms with van der Waals surface area (Å²) in [7, 11) is 0. The number of ether oxygens (including phenoxy) is 1. The van der Waals surface area contributed by atoms with Gasteiger partial charge in [0, 0.05) is 5.56 Å². The van der Waals surface area contributed by atoms with Crippen molar-refractivity contribution in [2.45, 2.75) is 13.3 Å². The van der Waals surface area contributed by atoms with Crippen molar-refractivity contribution < 1.29 is 9.13 Å². The average Bonchev–Trinajstić information content (AvgIpc) is 2.22. The van der Waals surface area contributed by atoms with E-state index in [0.29, 0.717) is 12.4 Å². The molecule has 0 unspecified atom stereocenters. The van der Waals surface area contributed by atoms with Crippen molar-refractivity contribution in [3.63, 3.8) is 0 Å². The van der Waals surface area contributed by atoms with Crippen molar-refractivity contribution in [3.8, 4) is 5.75 Å². The maximum Gasteiger partial charge on any atom is 0.126 e. The molecule has 1 aromatic rings. The number of halogens is 1. The summed E-state index contributed by atoms with van der Waals surface area (Å²) >= 11 is 4.10. The Bertz CT molecular complexity index is 336. The Balaban J connectivity index is 2.86. The first-order valence-corrected chi connectivity index (χ1v) is 5.61. The maximum absolute atomic E-state index is 13.0. The van der Waals surface area contributed by atoms with Gasteiger partial charge in [-0.15, -0.1) is 0 Å². The smallest absolute Gasteiger partial charge is 0.126 e. The molecular weight excluding hydrogens is 211 g/mol. The Morgan fingerprint density at radius 3 is 2.93 bits per heavy atom. The van der Waals surface area contributed by atoms with Crippen LogP contribution in [0.25, 0.3) is 6.08 Å². The molecule has 0 aromatic heterocycles. The van der Waals surface area contributed by atoms with E-state index in [1.54, 1.807) is 6.07 Å². The maximum atomic E-state index is 13.0. The molecule has 0 heterocycles. The Morgan fingerprint density at radius 2 is 2.27 bits per heavy atom. The van der Waals surface area contributed by atoms with Crippen LogP contribution in [0, 0.1) is 5.82 Å². The van der Waals surface area contributed by atoms with Gasteiger partial charge in [0.05, 0.1) is 6.61 Å². The summed E-state index contributed by atoms with van der Waals surface area (Å²) in [5.74, 6) is 1.26. The fraction of sp³-hybridized carbons (Fsp3) is 0.333. The van der Waals surface area contributed by atoms with E-state index < -0.39 is 0 Å². The van der Waals surface area contributed by atoms with Crippen LogP contribution < -0.4 is 4.74 Å². The minimum absolute atomic E-state index is 0.246. The van der Waals surface area contributed by atoms with Gasteiger partial charge in [-0.05, 0) is 37.3 Å². The van der Waals surface area contributed by atoms with Gasteiger partial charge in [-0.3, -0.25) is 0 Å². The Hall–Kier alpha value is -0.960. The molecule has 82 valence electrons. The van der Waals surface area contributed by atoms with Crippen LogP contribution in [-0.4, -0.2) is 12.4 Å². The molecule has 15 heavy (non-hydrogen) atoms. The highest BCUT2D eigenvalue weighted by molar-refractivity contribution is 7.80. The largest absolute Gasteiger partial charge is 0.493 e. The van der Waals surface area contributed by atoms with Gasteiger partial charge in [0.2, 0.25) is 0 Å². The predicted octanol–water partition coefficient (Wildman–Crippen LogP) is 3.56. The zero-order valence-corrected chi connectivity index (χ0v) is 9.64. The highest BCUT2D eigenvalue weighted by atomic mass is 32.1. The number of hydrogen-bond donors (Lipinski definition) is 1. The van der Waals surface area contributed by atoms with Crippen LogP contribution in [-0.2, 0) is 0 Å². The molecule has 0 radical (unpaired) electrons. The fourth-order valence-electron chi connectivity index (χ4n) is 1.22. The summed E-state index contributed by atoms with van der Waals surface area (Å²) in [6.07, 6.45) is 4.69. The highest BCUT2D eigenvalue weighted by Crippen LogP contribution is 2.21. The number of hydrogen-bond acceptors (Lipinski definition) is 2. The van der Waals surface area contributed by atoms with E-state index in [-0.39, 0.29) is 5.82 Å². The van der Waals surface area contributed by atoms with E-state index in [1.807, 2.05) is 19.1 Å². The lowest BCUT2D eigenvalue weighted by Crippen LogP contribution is -1.94. The molecule has 0 fully saturated rings. The van der Waals surface area contributed by atoms with Gasteiger partial charge >= 0.3 is 0 Å². The second kappa shape index (κ2) is 6.51. The summed E-state index contributed by atoms with van der Waals surface area (Å²) in [6, 6.07) is 4.53. The van der Waals surface area contributed by atoms with Crippen molar-refractivity contribution in [2.24, 2.45) is 0 Å². The number of rotatable bonds is 5. The first kappa shape index (κ1) is 12.1. The summed E-state index contributed by atoms with van der Waals surface area (Å²) in [5, 5.41) is 0. The molecule has 0 bridgehead atoms. The molecule has 3 heteroatoms. The summed E-state index contributed by atoms with van der Waals surface area (Å²) in [4.78, 5) is 0. The van der Waals surface area contributed by atoms with Gasteiger partial charge in [0.25, 0.3) is 0 Å². The highest BCUT2D eigenvalue weighted by Gasteiger charge is 2.01. The molecule has 0 aliphatic rings. The molecule has 1 rings (SSSR count). The van der Waals surface area contributed by atoms with Crippen molar-refractivity contribution in [1.29, 1.82) is 0 Å². The van der Waals surface area contributed by atoms with Crippen molar-refractivity contribution >= 4 is 18.7 Å². The standard InChI is InChI=1S/C12H15FOS/c1-2-14-12-7-6-11(13)9-10(12)5-3-4-8-15/h3,5-7,9,15H,2,4,8H2,1H3. The first-order valence-electron chi connectivity index (χ1n) is 4.97. The molecule has 0 aliphatic carbocycles. The Labute approximate surface area is 95.4 Å². The molecule has 0 amide bonds. The quantitative estimate of drug-likeness (QED) is 0.755. The lowest BCUT2D eigenvalue weighted by atomic mass is 10.1. The SMILES string of the molecule is CCOc1ccc(F)cc1C=CCCS. The van der Waals surface area contributed by atoms with E-state index in [0.717, 1.165) is 17.7 Å². The van der Waals surface area contributed by atoms with Gasteiger partial charge in [-0.2, -0.15) is 12.6 Å². The molecule has 0 aliphatic heterocycles. The Kier molecular flexibility index (Phi) is 5.26. The monoisotopic (exact) mass is 226 g/mol. The van der Waals surface area contributed by atoms with Crippen LogP contribution in [0.3, 0.4) is 0 Å². The zero-order valence-electron chi connectivity index (χ0n) is 8.74. The predicted molar refractivity (Wildman–Crippen MR) is 65.1 cm³/mol.